The van der Waals surface area contributed by atoms with Gasteiger partial charge in [0.15, 0.2) is 11.5 Å². The fraction of sp³-hybridized carbons (Fsp3) is 0.333. The van der Waals surface area contributed by atoms with Gasteiger partial charge in [0.2, 0.25) is 11.8 Å². The Morgan fingerprint density at radius 1 is 1.07 bits per heavy atom. The van der Waals surface area contributed by atoms with E-state index in [2.05, 4.69) is 5.32 Å². The van der Waals surface area contributed by atoms with Crippen LogP contribution in [-0.2, 0) is 16.0 Å². The fourth-order valence-corrected chi connectivity index (χ4v) is 2.90. The molecule has 0 fully saturated rings. The number of hydrogen-bond donors (Lipinski definition) is 1. The van der Waals surface area contributed by atoms with E-state index in [0.29, 0.717) is 43.4 Å². The highest BCUT2D eigenvalue weighted by Gasteiger charge is 2.16. The van der Waals surface area contributed by atoms with Crippen molar-refractivity contribution in [3.63, 3.8) is 0 Å². The van der Waals surface area contributed by atoms with Crippen LogP contribution in [0, 0.1) is 0 Å². The summed E-state index contributed by atoms with van der Waals surface area (Å²) in [7, 11) is 1.62. The summed E-state index contributed by atoms with van der Waals surface area (Å²) in [6, 6.07) is 12.9. The number of methoxy groups -OCH3 is 1. The lowest BCUT2D eigenvalue weighted by Crippen LogP contribution is -2.38. The zero-order valence-corrected chi connectivity index (χ0v) is 16.1. The molecule has 0 aliphatic carbocycles. The van der Waals surface area contributed by atoms with E-state index in [4.69, 9.17) is 14.2 Å². The van der Waals surface area contributed by atoms with Gasteiger partial charge in [0, 0.05) is 25.2 Å². The molecule has 0 aromatic heterocycles. The molecule has 3 rings (SSSR count). The van der Waals surface area contributed by atoms with Crippen molar-refractivity contribution in [3.8, 4) is 17.2 Å². The van der Waals surface area contributed by atoms with Crippen molar-refractivity contribution in [2.45, 2.75) is 13.3 Å². The van der Waals surface area contributed by atoms with Crippen molar-refractivity contribution in [2.75, 3.05) is 38.7 Å². The molecule has 0 spiro atoms. The molecule has 2 aromatic carbocycles. The second kappa shape index (κ2) is 9.12. The number of carbonyl (C=O) groups excluding carboxylic acids is 2. The van der Waals surface area contributed by atoms with E-state index in [1.807, 2.05) is 24.3 Å². The first-order chi connectivity index (χ1) is 13.5. The highest BCUT2D eigenvalue weighted by atomic mass is 16.6. The summed E-state index contributed by atoms with van der Waals surface area (Å²) in [4.78, 5) is 25.9. The lowest BCUT2D eigenvalue weighted by Gasteiger charge is -2.21. The Morgan fingerprint density at radius 2 is 1.79 bits per heavy atom. The molecule has 0 unspecified atom stereocenters. The van der Waals surface area contributed by atoms with Crippen LogP contribution in [0.5, 0.6) is 17.2 Å². The van der Waals surface area contributed by atoms with E-state index in [-0.39, 0.29) is 18.4 Å². The number of hydrogen-bond acceptors (Lipinski definition) is 5. The predicted octanol–water partition coefficient (Wildman–Crippen LogP) is 2.50. The molecule has 1 N–H and O–H groups in total. The number of fused-ring (bicyclic) bond motifs is 1. The number of nitrogens with one attached hydrogen (secondary N) is 1. The monoisotopic (exact) mass is 384 g/mol. The van der Waals surface area contributed by atoms with Crippen molar-refractivity contribution >= 4 is 17.5 Å². The van der Waals surface area contributed by atoms with Crippen LogP contribution in [0.2, 0.25) is 0 Å². The minimum absolute atomic E-state index is 0.0140. The van der Waals surface area contributed by atoms with Crippen molar-refractivity contribution < 1.29 is 23.8 Å². The summed E-state index contributed by atoms with van der Waals surface area (Å²) in [5, 5.41) is 2.81. The summed E-state index contributed by atoms with van der Waals surface area (Å²) >= 11 is 0. The average molecular weight is 384 g/mol. The summed E-state index contributed by atoms with van der Waals surface area (Å²) in [6.45, 7) is 2.90. The van der Waals surface area contributed by atoms with Gasteiger partial charge in [0.05, 0.1) is 13.7 Å². The van der Waals surface area contributed by atoms with E-state index >= 15 is 0 Å². The maximum atomic E-state index is 12.4. The van der Waals surface area contributed by atoms with Gasteiger partial charge in [0.1, 0.15) is 19.0 Å². The van der Waals surface area contributed by atoms with Gasteiger partial charge in [-0.2, -0.15) is 0 Å². The quantitative estimate of drug-likeness (QED) is 0.794. The maximum absolute atomic E-state index is 12.4. The third-order valence-electron chi connectivity index (χ3n) is 4.44. The summed E-state index contributed by atoms with van der Waals surface area (Å²) in [5.74, 6) is 1.64. The Hall–Kier alpha value is -3.22. The molecule has 0 bridgehead atoms. The minimum Gasteiger partial charge on any atom is -0.497 e. The molecular formula is C21H24N2O5. The standard InChI is InChI=1S/C21H24N2O5/c1-15(24)23(10-9-16-3-6-18(26-2)7-4-16)14-21(25)22-17-5-8-19-20(13-17)28-12-11-27-19/h3-8,13H,9-12,14H2,1-2H3,(H,22,25). The van der Waals surface area contributed by atoms with E-state index in [1.165, 1.54) is 11.8 Å². The van der Waals surface area contributed by atoms with Gasteiger partial charge >= 0.3 is 0 Å². The third kappa shape index (κ3) is 5.16. The Morgan fingerprint density at radius 3 is 2.46 bits per heavy atom. The molecule has 28 heavy (non-hydrogen) atoms. The summed E-state index contributed by atoms with van der Waals surface area (Å²) in [6.07, 6.45) is 0.654. The van der Waals surface area contributed by atoms with Crippen molar-refractivity contribution in [3.05, 3.63) is 48.0 Å². The summed E-state index contributed by atoms with van der Waals surface area (Å²) < 4.78 is 16.1. The van der Waals surface area contributed by atoms with E-state index in [9.17, 15) is 9.59 Å². The van der Waals surface area contributed by atoms with Gasteiger partial charge in [-0.05, 0) is 36.2 Å². The van der Waals surface area contributed by atoms with Gasteiger partial charge in [-0.3, -0.25) is 9.59 Å². The van der Waals surface area contributed by atoms with Crippen LogP contribution in [0.3, 0.4) is 0 Å². The molecule has 7 heteroatoms. The number of nitrogens with zero attached hydrogens (tertiary/aromatic N) is 1. The van der Waals surface area contributed by atoms with Crippen LogP contribution >= 0.6 is 0 Å². The number of ether oxygens (including phenoxy) is 3. The average Bonchev–Trinajstić information content (AvgIpc) is 2.71. The number of benzene rings is 2. The number of anilines is 1. The van der Waals surface area contributed by atoms with Crippen molar-refractivity contribution in [1.29, 1.82) is 0 Å². The molecular weight excluding hydrogens is 360 g/mol. The molecule has 1 aliphatic heterocycles. The van der Waals surface area contributed by atoms with Crippen LogP contribution in [0.4, 0.5) is 5.69 Å². The minimum atomic E-state index is -0.262. The fourth-order valence-electron chi connectivity index (χ4n) is 2.90. The van der Waals surface area contributed by atoms with E-state index in [0.717, 1.165) is 11.3 Å². The Bertz CT molecular complexity index is 835. The number of amides is 2. The molecule has 1 heterocycles. The molecule has 148 valence electrons. The molecule has 2 amide bonds. The largest absolute Gasteiger partial charge is 0.497 e. The first-order valence-electron chi connectivity index (χ1n) is 9.13. The second-order valence-corrected chi connectivity index (χ2v) is 6.45. The topological polar surface area (TPSA) is 77.1 Å². The lowest BCUT2D eigenvalue weighted by atomic mass is 10.1. The molecule has 0 saturated heterocycles. The summed E-state index contributed by atoms with van der Waals surface area (Å²) in [5.41, 5.74) is 1.67. The first kappa shape index (κ1) is 19.5. The molecule has 7 nitrogen and oxygen atoms in total. The van der Waals surface area contributed by atoms with Gasteiger partial charge in [-0.25, -0.2) is 0 Å². The third-order valence-corrected chi connectivity index (χ3v) is 4.44. The molecule has 2 aromatic rings. The Balaban J connectivity index is 1.55. The molecule has 0 saturated carbocycles. The molecule has 0 radical (unpaired) electrons. The van der Waals surface area contributed by atoms with E-state index < -0.39 is 0 Å². The van der Waals surface area contributed by atoms with Gasteiger partial charge in [-0.15, -0.1) is 0 Å². The maximum Gasteiger partial charge on any atom is 0.243 e. The van der Waals surface area contributed by atoms with Gasteiger partial charge in [0.25, 0.3) is 0 Å². The number of rotatable bonds is 7. The van der Waals surface area contributed by atoms with Crippen LogP contribution in [0.25, 0.3) is 0 Å². The van der Waals surface area contributed by atoms with Crippen molar-refractivity contribution in [1.82, 2.24) is 4.90 Å². The lowest BCUT2D eigenvalue weighted by molar-refractivity contribution is -0.132. The van der Waals surface area contributed by atoms with Crippen LogP contribution in [-0.4, -0.2) is 50.1 Å². The predicted molar refractivity (Wildman–Crippen MR) is 105 cm³/mol. The van der Waals surface area contributed by atoms with Gasteiger partial charge in [-0.1, -0.05) is 12.1 Å². The SMILES string of the molecule is COc1ccc(CCN(CC(=O)Nc2ccc3c(c2)OCCO3)C(C)=O)cc1. The Labute approximate surface area is 164 Å². The molecule has 1 aliphatic rings. The first-order valence-corrected chi connectivity index (χ1v) is 9.13. The van der Waals surface area contributed by atoms with Gasteiger partial charge < -0.3 is 24.4 Å². The zero-order chi connectivity index (χ0) is 19.9. The van der Waals surface area contributed by atoms with Crippen LogP contribution in [0.1, 0.15) is 12.5 Å². The smallest absolute Gasteiger partial charge is 0.243 e. The molecule has 0 atom stereocenters. The normalized spacial score (nSPS) is 12.2. The van der Waals surface area contributed by atoms with Crippen LogP contribution in [0.15, 0.2) is 42.5 Å². The highest BCUT2D eigenvalue weighted by Crippen LogP contribution is 2.32. The van der Waals surface area contributed by atoms with E-state index in [1.54, 1.807) is 25.3 Å². The highest BCUT2D eigenvalue weighted by molar-refractivity contribution is 5.94. The van der Waals surface area contributed by atoms with Crippen LogP contribution < -0.4 is 19.5 Å². The zero-order valence-electron chi connectivity index (χ0n) is 16.1. The Kier molecular flexibility index (Phi) is 6.37. The second-order valence-electron chi connectivity index (χ2n) is 6.45. The number of carbonyl (C=O) groups is 2. The van der Waals surface area contributed by atoms with Crippen molar-refractivity contribution in [2.24, 2.45) is 0 Å².